The number of benzene rings is 2. The fourth-order valence-electron chi connectivity index (χ4n) is 4.93. The van der Waals surface area contributed by atoms with Gasteiger partial charge < -0.3 is 15.0 Å². The van der Waals surface area contributed by atoms with Gasteiger partial charge in [0.05, 0.1) is 7.11 Å². The summed E-state index contributed by atoms with van der Waals surface area (Å²) in [6.45, 7) is 5.50. The van der Waals surface area contributed by atoms with Gasteiger partial charge in [-0.25, -0.2) is 0 Å². The monoisotopic (exact) mass is 404 g/mol. The van der Waals surface area contributed by atoms with Gasteiger partial charge in [-0.05, 0) is 80.5 Å². The van der Waals surface area contributed by atoms with Crippen molar-refractivity contribution in [1.29, 1.82) is 0 Å². The summed E-state index contributed by atoms with van der Waals surface area (Å²) in [6, 6.07) is 17.7. The lowest BCUT2D eigenvalue weighted by Crippen LogP contribution is -2.35. The summed E-state index contributed by atoms with van der Waals surface area (Å²) >= 11 is 0. The Bertz CT molecular complexity index is 914. The molecule has 0 spiro atoms. The maximum atomic E-state index is 12.7. The first kappa shape index (κ1) is 20.7. The van der Waals surface area contributed by atoms with E-state index in [0.717, 1.165) is 37.2 Å². The first-order valence-corrected chi connectivity index (χ1v) is 11.1. The van der Waals surface area contributed by atoms with Crippen molar-refractivity contribution in [1.82, 2.24) is 10.2 Å². The van der Waals surface area contributed by atoms with Crippen LogP contribution in [0.15, 0.2) is 54.1 Å². The highest BCUT2D eigenvalue weighted by Crippen LogP contribution is 2.38. The van der Waals surface area contributed by atoms with Crippen LogP contribution < -0.4 is 10.1 Å². The molecule has 0 aromatic heterocycles. The number of hydrogen-bond acceptors (Lipinski definition) is 3. The summed E-state index contributed by atoms with van der Waals surface area (Å²) in [7, 11) is 1.71. The van der Waals surface area contributed by atoms with Gasteiger partial charge in [0.25, 0.3) is 5.91 Å². The summed E-state index contributed by atoms with van der Waals surface area (Å²) in [6.07, 6.45) is 4.69. The lowest BCUT2D eigenvalue weighted by Gasteiger charge is -2.27. The van der Waals surface area contributed by atoms with E-state index in [1.807, 2.05) is 36.9 Å². The number of fused-ring (bicyclic) bond motifs is 2. The second-order valence-corrected chi connectivity index (χ2v) is 8.31. The summed E-state index contributed by atoms with van der Waals surface area (Å²) in [5, 5.41) is 3.74. The molecule has 4 heteroatoms. The van der Waals surface area contributed by atoms with Gasteiger partial charge in [0.15, 0.2) is 0 Å². The number of piperidine rings is 1. The molecule has 2 heterocycles. The molecule has 30 heavy (non-hydrogen) atoms. The van der Waals surface area contributed by atoms with E-state index in [9.17, 15) is 4.79 Å². The number of nitrogens with one attached hydrogen (secondary N) is 1. The number of ether oxygens (including phenoxy) is 1. The van der Waals surface area contributed by atoms with E-state index in [-0.39, 0.29) is 5.91 Å². The predicted octanol–water partition coefficient (Wildman–Crippen LogP) is 4.89. The Morgan fingerprint density at radius 3 is 2.20 bits per heavy atom. The first-order valence-electron chi connectivity index (χ1n) is 11.1. The van der Waals surface area contributed by atoms with Crippen molar-refractivity contribution in [2.24, 2.45) is 0 Å². The molecule has 0 aliphatic carbocycles. The van der Waals surface area contributed by atoms with E-state index < -0.39 is 0 Å². The van der Waals surface area contributed by atoms with Crippen LogP contribution in [0.25, 0.3) is 5.57 Å². The molecule has 2 aliphatic rings. The Balaban J connectivity index is 1.74. The molecule has 0 saturated carbocycles. The minimum atomic E-state index is 0.0991. The van der Waals surface area contributed by atoms with Crippen LogP contribution in [0.5, 0.6) is 5.75 Å². The van der Waals surface area contributed by atoms with Crippen LogP contribution in [0.3, 0.4) is 0 Å². The average Bonchev–Trinajstić information content (AvgIpc) is 3.13. The van der Waals surface area contributed by atoms with Gasteiger partial charge in [-0.15, -0.1) is 0 Å². The van der Waals surface area contributed by atoms with E-state index in [1.165, 1.54) is 35.1 Å². The van der Waals surface area contributed by atoms with Crippen LogP contribution in [0.2, 0.25) is 0 Å². The number of carbonyl (C=O) groups excluding carboxylic acids is 1. The molecule has 1 N–H and O–H groups in total. The van der Waals surface area contributed by atoms with Crippen LogP contribution in [0.4, 0.5) is 0 Å². The Kier molecular flexibility index (Phi) is 6.24. The van der Waals surface area contributed by atoms with Crippen molar-refractivity contribution in [2.45, 2.75) is 51.6 Å². The fraction of sp³-hybridized carbons (Fsp3) is 0.423. The maximum Gasteiger partial charge on any atom is 0.253 e. The van der Waals surface area contributed by atoms with Crippen molar-refractivity contribution in [3.05, 3.63) is 70.8 Å². The van der Waals surface area contributed by atoms with Crippen molar-refractivity contribution in [2.75, 3.05) is 20.2 Å². The second kappa shape index (κ2) is 9.05. The van der Waals surface area contributed by atoms with E-state index in [4.69, 9.17) is 4.74 Å². The first-order chi connectivity index (χ1) is 14.6. The Hall–Kier alpha value is -2.59. The molecule has 2 atom stereocenters. The molecule has 2 saturated heterocycles. The maximum absolute atomic E-state index is 12.7. The largest absolute Gasteiger partial charge is 0.497 e. The fourth-order valence-corrected chi connectivity index (χ4v) is 4.93. The minimum absolute atomic E-state index is 0.0991. The molecular weight excluding hydrogens is 372 g/mol. The Labute approximate surface area is 179 Å². The molecule has 2 aliphatic heterocycles. The van der Waals surface area contributed by atoms with Crippen LogP contribution in [-0.4, -0.2) is 43.1 Å². The Morgan fingerprint density at radius 1 is 0.967 bits per heavy atom. The molecule has 4 rings (SSSR count). The number of hydrogen-bond donors (Lipinski definition) is 1. The van der Waals surface area contributed by atoms with Gasteiger partial charge in [-0.1, -0.05) is 29.8 Å². The van der Waals surface area contributed by atoms with Crippen molar-refractivity contribution < 1.29 is 9.53 Å². The lowest BCUT2D eigenvalue weighted by atomic mass is 9.86. The van der Waals surface area contributed by atoms with Gasteiger partial charge in [0, 0.05) is 30.7 Å². The highest BCUT2D eigenvalue weighted by atomic mass is 16.5. The zero-order chi connectivity index (χ0) is 21.1. The smallest absolute Gasteiger partial charge is 0.253 e. The van der Waals surface area contributed by atoms with E-state index in [1.54, 1.807) is 7.11 Å². The third-order valence-electron chi connectivity index (χ3n) is 6.50. The van der Waals surface area contributed by atoms with Crippen molar-refractivity contribution in [3.63, 3.8) is 0 Å². The molecule has 2 fully saturated rings. The number of rotatable bonds is 6. The summed E-state index contributed by atoms with van der Waals surface area (Å²) < 4.78 is 5.50. The molecule has 4 nitrogen and oxygen atoms in total. The summed E-state index contributed by atoms with van der Waals surface area (Å²) in [4.78, 5) is 14.6. The highest BCUT2D eigenvalue weighted by molar-refractivity contribution is 5.95. The normalized spacial score (nSPS) is 20.2. The summed E-state index contributed by atoms with van der Waals surface area (Å²) in [5.41, 5.74) is 5.93. The molecule has 2 unspecified atom stereocenters. The van der Waals surface area contributed by atoms with E-state index in [2.05, 4.69) is 35.6 Å². The number of nitrogens with zero attached hydrogens (tertiary/aromatic N) is 1. The quantitative estimate of drug-likeness (QED) is 0.745. The zero-order valence-corrected chi connectivity index (χ0v) is 18.3. The van der Waals surface area contributed by atoms with Crippen LogP contribution >= 0.6 is 0 Å². The van der Waals surface area contributed by atoms with Crippen LogP contribution in [0.1, 0.15) is 61.0 Å². The van der Waals surface area contributed by atoms with Gasteiger partial charge in [-0.3, -0.25) is 4.79 Å². The molecule has 158 valence electrons. The van der Waals surface area contributed by atoms with Crippen LogP contribution in [-0.2, 0) is 0 Å². The second-order valence-electron chi connectivity index (χ2n) is 8.31. The van der Waals surface area contributed by atoms with Gasteiger partial charge in [0.1, 0.15) is 5.75 Å². The van der Waals surface area contributed by atoms with Crippen LogP contribution in [0, 0.1) is 0 Å². The highest BCUT2D eigenvalue weighted by Gasteiger charge is 2.32. The van der Waals surface area contributed by atoms with Crippen molar-refractivity contribution >= 4 is 11.5 Å². The number of methoxy groups -OCH3 is 1. The molecule has 2 aromatic carbocycles. The zero-order valence-electron chi connectivity index (χ0n) is 18.3. The molecule has 2 aromatic rings. The van der Waals surface area contributed by atoms with Gasteiger partial charge in [0.2, 0.25) is 0 Å². The lowest BCUT2D eigenvalue weighted by molar-refractivity contribution is 0.0773. The third-order valence-corrected chi connectivity index (χ3v) is 6.50. The van der Waals surface area contributed by atoms with Gasteiger partial charge in [-0.2, -0.15) is 0 Å². The van der Waals surface area contributed by atoms with E-state index >= 15 is 0 Å². The summed E-state index contributed by atoms with van der Waals surface area (Å²) in [5.74, 6) is 0.970. The SMILES string of the molecule is CCN(CC)C(=O)c1ccc(C(=C2CC3CCC(C2)N3)c2cccc(OC)c2)cc1. The molecule has 1 amide bonds. The van der Waals surface area contributed by atoms with Crippen molar-refractivity contribution in [3.8, 4) is 5.75 Å². The predicted molar refractivity (Wildman–Crippen MR) is 122 cm³/mol. The molecular formula is C26H32N2O2. The number of carbonyl (C=O) groups is 1. The minimum Gasteiger partial charge on any atom is -0.497 e. The molecule has 2 bridgehead atoms. The third kappa shape index (κ3) is 4.15. The average molecular weight is 405 g/mol. The Morgan fingerprint density at radius 2 is 1.60 bits per heavy atom. The number of amides is 1. The molecule has 0 radical (unpaired) electrons. The van der Waals surface area contributed by atoms with E-state index in [0.29, 0.717) is 12.1 Å². The standard InChI is InChI=1S/C26H32N2O2/c1-4-28(5-2)26(29)19-11-9-18(10-12-19)25(20-7-6-8-24(17-20)30-3)21-15-22-13-14-23(16-21)27-22/h6-12,17,22-23,27H,4-5,13-16H2,1-3H3. The van der Waals surface area contributed by atoms with Gasteiger partial charge >= 0.3 is 0 Å². The topological polar surface area (TPSA) is 41.6 Å².